The van der Waals surface area contributed by atoms with Gasteiger partial charge in [0.25, 0.3) is 0 Å². The van der Waals surface area contributed by atoms with E-state index in [0.717, 1.165) is 21.0 Å². The standard InChI is InChI=1S/C15H15Cl2N3O2S/c16-12-5-10(19-6-9-2-1-3-22-9)15-14(20-12)13(17)11(23-15)4-8(18)7-21/h1-3,5,8,21H,4,6-7,18H2,(H,19,20)/t8-/m1/s1. The Morgan fingerprint density at radius 2 is 2.26 bits per heavy atom. The number of furan rings is 1. The second-order valence-corrected chi connectivity index (χ2v) is 6.96. The Balaban J connectivity index is 1.95. The summed E-state index contributed by atoms with van der Waals surface area (Å²) < 4.78 is 6.22. The van der Waals surface area contributed by atoms with E-state index in [4.69, 9.17) is 38.5 Å². The summed E-state index contributed by atoms with van der Waals surface area (Å²) >= 11 is 14.0. The van der Waals surface area contributed by atoms with E-state index in [1.54, 1.807) is 12.3 Å². The minimum absolute atomic E-state index is 0.0949. The number of aliphatic hydroxyl groups is 1. The highest BCUT2D eigenvalue weighted by atomic mass is 35.5. The van der Waals surface area contributed by atoms with Gasteiger partial charge >= 0.3 is 0 Å². The highest BCUT2D eigenvalue weighted by Crippen LogP contribution is 2.40. The van der Waals surface area contributed by atoms with Crippen LogP contribution in [0, 0.1) is 0 Å². The van der Waals surface area contributed by atoms with Crippen molar-refractivity contribution in [1.29, 1.82) is 0 Å². The quantitative estimate of drug-likeness (QED) is 0.575. The molecule has 0 aliphatic heterocycles. The lowest BCUT2D eigenvalue weighted by Gasteiger charge is -2.06. The molecular formula is C15H15Cl2N3O2S. The lowest BCUT2D eigenvalue weighted by molar-refractivity contribution is 0.266. The molecule has 0 aliphatic rings. The average Bonchev–Trinajstić information content (AvgIpc) is 3.15. The molecule has 0 spiro atoms. The summed E-state index contributed by atoms with van der Waals surface area (Å²) in [7, 11) is 0. The molecular weight excluding hydrogens is 357 g/mol. The fourth-order valence-electron chi connectivity index (χ4n) is 2.21. The first kappa shape index (κ1) is 16.5. The van der Waals surface area contributed by atoms with E-state index >= 15 is 0 Å². The lowest BCUT2D eigenvalue weighted by atomic mass is 10.2. The van der Waals surface area contributed by atoms with Gasteiger partial charge in [0.05, 0.1) is 34.8 Å². The molecule has 0 aromatic carbocycles. The normalized spacial score (nSPS) is 12.7. The van der Waals surface area contributed by atoms with Crippen molar-refractivity contribution in [2.24, 2.45) is 5.73 Å². The van der Waals surface area contributed by atoms with Crippen molar-refractivity contribution in [3.8, 4) is 0 Å². The number of nitrogens with two attached hydrogens (primary N) is 1. The molecule has 3 heterocycles. The van der Waals surface area contributed by atoms with Crippen LogP contribution in [-0.2, 0) is 13.0 Å². The first-order valence-corrected chi connectivity index (χ1v) is 8.56. The molecule has 3 aromatic rings. The number of thiophene rings is 1. The van der Waals surface area contributed by atoms with Gasteiger partial charge in [-0.2, -0.15) is 0 Å². The third kappa shape index (κ3) is 3.62. The van der Waals surface area contributed by atoms with Gasteiger partial charge in [-0.1, -0.05) is 23.2 Å². The minimum Gasteiger partial charge on any atom is -0.467 e. The molecule has 0 saturated carbocycles. The van der Waals surface area contributed by atoms with Gasteiger partial charge in [-0.25, -0.2) is 4.98 Å². The number of fused-ring (bicyclic) bond motifs is 1. The Hall–Kier alpha value is -1.31. The Morgan fingerprint density at radius 1 is 1.43 bits per heavy atom. The third-order valence-corrected chi connectivity index (χ3v) is 5.28. The number of nitrogens with zero attached hydrogens (tertiary/aromatic N) is 1. The number of aromatic nitrogens is 1. The van der Waals surface area contributed by atoms with Crippen LogP contribution < -0.4 is 11.1 Å². The maximum Gasteiger partial charge on any atom is 0.131 e. The van der Waals surface area contributed by atoms with Gasteiger partial charge in [-0.05, 0) is 12.1 Å². The summed E-state index contributed by atoms with van der Waals surface area (Å²) in [6, 6.07) is 5.13. The molecule has 3 aromatic heterocycles. The predicted molar refractivity (Wildman–Crippen MR) is 94.4 cm³/mol. The number of anilines is 1. The van der Waals surface area contributed by atoms with E-state index in [0.29, 0.717) is 28.7 Å². The predicted octanol–water partition coefficient (Wildman–Crippen LogP) is 3.67. The molecule has 23 heavy (non-hydrogen) atoms. The molecule has 0 aliphatic carbocycles. The molecule has 8 heteroatoms. The highest BCUT2D eigenvalue weighted by Gasteiger charge is 2.17. The second kappa shape index (κ2) is 7.07. The molecule has 0 amide bonds. The summed E-state index contributed by atoms with van der Waals surface area (Å²) in [5.74, 6) is 0.816. The summed E-state index contributed by atoms with van der Waals surface area (Å²) in [6.45, 7) is 0.436. The summed E-state index contributed by atoms with van der Waals surface area (Å²) in [5.41, 5.74) is 7.29. The largest absolute Gasteiger partial charge is 0.467 e. The molecule has 0 unspecified atom stereocenters. The van der Waals surface area contributed by atoms with Gasteiger partial charge in [-0.15, -0.1) is 11.3 Å². The summed E-state index contributed by atoms with van der Waals surface area (Å²) in [5, 5.41) is 13.3. The van der Waals surface area contributed by atoms with Crippen LogP contribution in [0.2, 0.25) is 10.2 Å². The Bertz CT molecular complexity index is 805. The van der Waals surface area contributed by atoms with E-state index in [-0.39, 0.29) is 12.6 Å². The number of hydrogen-bond donors (Lipinski definition) is 3. The monoisotopic (exact) mass is 371 g/mol. The van der Waals surface area contributed by atoms with Crippen LogP contribution in [-0.4, -0.2) is 22.7 Å². The van der Waals surface area contributed by atoms with E-state index in [2.05, 4.69) is 10.3 Å². The van der Waals surface area contributed by atoms with Crippen LogP contribution in [0.25, 0.3) is 10.2 Å². The molecule has 5 nitrogen and oxygen atoms in total. The van der Waals surface area contributed by atoms with E-state index in [1.165, 1.54) is 11.3 Å². The molecule has 4 N–H and O–H groups in total. The van der Waals surface area contributed by atoms with Gasteiger partial charge in [0.2, 0.25) is 0 Å². The molecule has 3 rings (SSSR count). The molecule has 1 atom stereocenters. The van der Waals surface area contributed by atoms with Crippen molar-refractivity contribution in [3.05, 3.63) is 45.3 Å². The van der Waals surface area contributed by atoms with Gasteiger partial charge in [0.1, 0.15) is 16.4 Å². The molecule has 122 valence electrons. The molecule has 0 bridgehead atoms. The van der Waals surface area contributed by atoms with Gasteiger partial charge in [0, 0.05) is 23.4 Å². The van der Waals surface area contributed by atoms with Crippen molar-refractivity contribution < 1.29 is 9.52 Å². The number of hydrogen-bond acceptors (Lipinski definition) is 6. The maximum atomic E-state index is 9.13. The van der Waals surface area contributed by atoms with Crippen LogP contribution in [0.15, 0.2) is 28.9 Å². The first-order valence-electron chi connectivity index (χ1n) is 6.98. The number of pyridine rings is 1. The Morgan fingerprint density at radius 3 is 2.96 bits per heavy atom. The van der Waals surface area contributed by atoms with E-state index in [9.17, 15) is 0 Å². The SMILES string of the molecule is N[C@@H](CO)Cc1sc2c(NCc3ccco3)cc(Cl)nc2c1Cl. The minimum atomic E-state index is -0.351. The third-order valence-electron chi connectivity index (χ3n) is 3.33. The molecule has 0 fully saturated rings. The number of nitrogens with one attached hydrogen (secondary N) is 1. The van der Waals surface area contributed by atoms with Gasteiger partial charge < -0.3 is 20.6 Å². The summed E-state index contributed by atoms with van der Waals surface area (Å²) in [6.07, 6.45) is 2.12. The van der Waals surface area contributed by atoms with Crippen LogP contribution in [0.1, 0.15) is 10.6 Å². The van der Waals surface area contributed by atoms with Crippen LogP contribution in [0.4, 0.5) is 5.69 Å². The Kier molecular flexibility index (Phi) is 5.08. The van der Waals surface area contributed by atoms with Crippen LogP contribution >= 0.6 is 34.5 Å². The van der Waals surface area contributed by atoms with Gasteiger partial charge in [0.15, 0.2) is 0 Å². The van der Waals surface area contributed by atoms with Crippen LogP contribution in [0.5, 0.6) is 0 Å². The number of halogens is 2. The second-order valence-electron chi connectivity index (χ2n) is 5.09. The number of rotatable bonds is 6. The zero-order valence-electron chi connectivity index (χ0n) is 12.1. The smallest absolute Gasteiger partial charge is 0.131 e. The van der Waals surface area contributed by atoms with Crippen molar-refractivity contribution in [1.82, 2.24) is 4.98 Å². The fraction of sp³-hybridized carbons (Fsp3) is 0.267. The summed E-state index contributed by atoms with van der Waals surface area (Å²) in [4.78, 5) is 5.20. The number of aliphatic hydroxyl groups excluding tert-OH is 1. The maximum absolute atomic E-state index is 9.13. The fourth-order valence-corrected chi connectivity index (χ4v) is 4.01. The van der Waals surface area contributed by atoms with Gasteiger partial charge in [-0.3, -0.25) is 0 Å². The lowest BCUT2D eigenvalue weighted by Crippen LogP contribution is -2.26. The highest BCUT2D eigenvalue weighted by molar-refractivity contribution is 7.20. The van der Waals surface area contributed by atoms with Crippen molar-refractivity contribution in [3.63, 3.8) is 0 Å². The van der Waals surface area contributed by atoms with Crippen molar-refractivity contribution in [2.75, 3.05) is 11.9 Å². The first-order chi connectivity index (χ1) is 11.1. The van der Waals surface area contributed by atoms with Crippen molar-refractivity contribution >= 4 is 50.4 Å². The topological polar surface area (TPSA) is 84.3 Å². The average molecular weight is 372 g/mol. The van der Waals surface area contributed by atoms with E-state index < -0.39 is 0 Å². The molecule has 0 radical (unpaired) electrons. The Labute approximate surface area is 147 Å². The van der Waals surface area contributed by atoms with Crippen molar-refractivity contribution in [2.45, 2.75) is 19.0 Å². The zero-order valence-corrected chi connectivity index (χ0v) is 14.4. The molecule has 0 saturated heterocycles. The van der Waals surface area contributed by atoms with E-state index in [1.807, 2.05) is 12.1 Å². The zero-order chi connectivity index (χ0) is 16.4. The van der Waals surface area contributed by atoms with Crippen LogP contribution in [0.3, 0.4) is 0 Å².